The number of benzene rings is 1. The lowest BCUT2D eigenvalue weighted by Gasteiger charge is -2.36. The standard InChI is InChI=1S/C20H26N4O3/c25-19(9-8-18-7-4-16-27-18)21-22-20(26)10-11-23-12-14-24(15-13-23)17-5-2-1-3-6-17/h1-7,16H,8-15H2,(H,21,25)(H,22,26). The Morgan fingerprint density at radius 1 is 0.889 bits per heavy atom. The van der Waals surface area contributed by atoms with Crippen LogP contribution in [0.15, 0.2) is 53.1 Å². The minimum Gasteiger partial charge on any atom is -0.469 e. The van der Waals surface area contributed by atoms with Gasteiger partial charge in [0.15, 0.2) is 0 Å². The van der Waals surface area contributed by atoms with Crippen LogP contribution < -0.4 is 15.8 Å². The van der Waals surface area contributed by atoms with Crippen LogP contribution >= 0.6 is 0 Å². The molecule has 3 rings (SSSR count). The third kappa shape index (κ3) is 6.14. The van der Waals surface area contributed by atoms with Crippen molar-refractivity contribution in [2.45, 2.75) is 19.3 Å². The molecule has 2 amide bonds. The van der Waals surface area contributed by atoms with Gasteiger partial charge in [-0.1, -0.05) is 18.2 Å². The normalized spacial score (nSPS) is 14.7. The molecule has 1 aliphatic heterocycles. The zero-order valence-electron chi connectivity index (χ0n) is 15.4. The van der Waals surface area contributed by atoms with Crippen LogP contribution in [0, 0.1) is 0 Å². The second-order valence-corrected chi connectivity index (χ2v) is 6.59. The Balaban J connectivity index is 1.28. The highest BCUT2D eigenvalue weighted by Crippen LogP contribution is 2.15. The first-order chi connectivity index (χ1) is 13.2. The molecule has 144 valence electrons. The number of furan rings is 1. The third-order valence-electron chi connectivity index (χ3n) is 4.67. The molecule has 0 spiro atoms. The molecule has 0 aliphatic carbocycles. The molecule has 1 aliphatic rings. The van der Waals surface area contributed by atoms with Gasteiger partial charge in [0.1, 0.15) is 5.76 Å². The van der Waals surface area contributed by atoms with Crippen molar-refractivity contribution < 1.29 is 14.0 Å². The van der Waals surface area contributed by atoms with Crippen LogP contribution in [0.3, 0.4) is 0 Å². The topological polar surface area (TPSA) is 77.8 Å². The zero-order chi connectivity index (χ0) is 18.9. The first-order valence-electron chi connectivity index (χ1n) is 9.33. The summed E-state index contributed by atoms with van der Waals surface area (Å²) in [4.78, 5) is 28.3. The van der Waals surface area contributed by atoms with Gasteiger partial charge in [-0.2, -0.15) is 0 Å². The largest absolute Gasteiger partial charge is 0.469 e. The zero-order valence-corrected chi connectivity index (χ0v) is 15.4. The molecule has 1 aromatic heterocycles. The number of carbonyl (C=O) groups is 2. The number of nitrogens with one attached hydrogen (secondary N) is 2. The fraction of sp³-hybridized carbons (Fsp3) is 0.400. The van der Waals surface area contributed by atoms with Gasteiger partial charge in [-0.3, -0.25) is 25.3 Å². The summed E-state index contributed by atoms with van der Waals surface area (Å²) in [6, 6.07) is 14.0. The fourth-order valence-electron chi connectivity index (χ4n) is 3.08. The Labute approximate surface area is 159 Å². The molecule has 0 radical (unpaired) electrons. The average Bonchev–Trinajstić information content (AvgIpc) is 3.24. The minimum absolute atomic E-state index is 0.174. The maximum Gasteiger partial charge on any atom is 0.239 e. The van der Waals surface area contributed by atoms with Gasteiger partial charge in [-0.15, -0.1) is 0 Å². The Kier molecular flexibility index (Phi) is 6.87. The summed E-state index contributed by atoms with van der Waals surface area (Å²) in [6.45, 7) is 4.45. The van der Waals surface area contributed by atoms with E-state index in [1.807, 2.05) is 12.1 Å². The van der Waals surface area contributed by atoms with E-state index in [4.69, 9.17) is 4.42 Å². The van der Waals surface area contributed by atoms with E-state index >= 15 is 0 Å². The first-order valence-corrected chi connectivity index (χ1v) is 9.33. The second-order valence-electron chi connectivity index (χ2n) is 6.59. The molecule has 1 saturated heterocycles. The molecule has 2 N–H and O–H groups in total. The highest BCUT2D eigenvalue weighted by molar-refractivity contribution is 5.82. The maximum atomic E-state index is 11.9. The van der Waals surface area contributed by atoms with Gasteiger partial charge in [-0.05, 0) is 24.3 Å². The van der Waals surface area contributed by atoms with Gasteiger partial charge in [0.2, 0.25) is 11.8 Å². The maximum absolute atomic E-state index is 11.9. The van der Waals surface area contributed by atoms with Crippen molar-refractivity contribution in [1.82, 2.24) is 15.8 Å². The van der Waals surface area contributed by atoms with Crippen molar-refractivity contribution in [1.29, 1.82) is 0 Å². The number of nitrogens with zero attached hydrogens (tertiary/aromatic N) is 2. The number of piperazine rings is 1. The van der Waals surface area contributed by atoms with Crippen molar-refractivity contribution in [3.05, 3.63) is 54.5 Å². The first kappa shape index (κ1) is 19.0. The average molecular weight is 370 g/mol. The SMILES string of the molecule is O=C(CCc1ccco1)NNC(=O)CCN1CCN(c2ccccc2)CC1. The van der Waals surface area contributed by atoms with E-state index in [1.165, 1.54) is 5.69 Å². The number of hydrogen-bond donors (Lipinski definition) is 2. The molecule has 2 heterocycles. The summed E-state index contributed by atoms with van der Waals surface area (Å²) in [5.41, 5.74) is 6.18. The molecule has 27 heavy (non-hydrogen) atoms. The van der Waals surface area contributed by atoms with E-state index in [0.717, 1.165) is 31.9 Å². The minimum atomic E-state index is -0.226. The summed E-state index contributed by atoms with van der Waals surface area (Å²) < 4.78 is 5.17. The van der Waals surface area contributed by atoms with Crippen molar-refractivity contribution in [3.8, 4) is 0 Å². The second kappa shape index (κ2) is 9.78. The molecule has 0 bridgehead atoms. The van der Waals surface area contributed by atoms with Gasteiger partial charge in [0, 0.05) is 57.7 Å². The number of amides is 2. The number of para-hydroxylation sites is 1. The molecular weight excluding hydrogens is 344 g/mol. The summed E-state index contributed by atoms with van der Waals surface area (Å²) in [6.07, 6.45) is 2.73. The van der Waals surface area contributed by atoms with E-state index < -0.39 is 0 Å². The van der Waals surface area contributed by atoms with Crippen LogP contribution in [0.2, 0.25) is 0 Å². The summed E-state index contributed by atoms with van der Waals surface area (Å²) in [5, 5.41) is 0. The monoisotopic (exact) mass is 370 g/mol. The van der Waals surface area contributed by atoms with Crippen LogP contribution in [0.25, 0.3) is 0 Å². The van der Waals surface area contributed by atoms with Gasteiger partial charge < -0.3 is 9.32 Å². The lowest BCUT2D eigenvalue weighted by atomic mass is 10.2. The van der Waals surface area contributed by atoms with Crippen LogP contribution in [0.4, 0.5) is 5.69 Å². The molecule has 2 aromatic rings. The van der Waals surface area contributed by atoms with Crippen LogP contribution in [0.1, 0.15) is 18.6 Å². The number of carbonyl (C=O) groups excluding carboxylic acids is 2. The molecule has 7 nitrogen and oxygen atoms in total. The quantitative estimate of drug-likeness (QED) is 0.724. The highest BCUT2D eigenvalue weighted by Gasteiger charge is 2.17. The van der Waals surface area contributed by atoms with Crippen molar-refractivity contribution in [3.63, 3.8) is 0 Å². The number of hydrazine groups is 1. The van der Waals surface area contributed by atoms with Gasteiger partial charge >= 0.3 is 0 Å². The van der Waals surface area contributed by atoms with Gasteiger partial charge in [0.05, 0.1) is 6.26 Å². The molecule has 7 heteroatoms. The molecular formula is C20H26N4O3. The predicted molar refractivity (Wildman–Crippen MR) is 103 cm³/mol. The number of anilines is 1. The number of aryl methyl sites for hydroxylation is 1. The number of rotatable bonds is 7. The molecule has 1 fully saturated rings. The van der Waals surface area contributed by atoms with Crippen LogP contribution in [-0.2, 0) is 16.0 Å². The Hall–Kier alpha value is -2.80. The Morgan fingerprint density at radius 2 is 1.59 bits per heavy atom. The molecule has 0 atom stereocenters. The van der Waals surface area contributed by atoms with E-state index in [1.54, 1.807) is 12.3 Å². The summed E-state index contributed by atoms with van der Waals surface area (Å²) >= 11 is 0. The van der Waals surface area contributed by atoms with Crippen LogP contribution in [0.5, 0.6) is 0 Å². The van der Waals surface area contributed by atoms with E-state index in [9.17, 15) is 9.59 Å². The molecule has 0 unspecified atom stereocenters. The summed E-state index contributed by atoms with van der Waals surface area (Å²) in [7, 11) is 0. The van der Waals surface area contributed by atoms with E-state index in [2.05, 4.69) is 44.9 Å². The third-order valence-corrected chi connectivity index (χ3v) is 4.67. The lowest BCUT2D eigenvalue weighted by Crippen LogP contribution is -2.48. The highest BCUT2D eigenvalue weighted by atomic mass is 16.3. The van der Waals surface area contributed by atoms with E-state index in [-0.39, 0.29) is 18.2 Å². The van der Waals surface area contributed by atoms with Crippen LogP contribution in [-0.4, -0.2) is 49.4 Å². The Morgan fingerprint density at radius 3 is 2.26 bits per heavy atom. The van der Waals surface area contributed by atoms with Crippen molar-refractivity contribution in [2.24, 2.45) is 0 Å². The number of hydrogen-bond acceptors (Lipinski definition) is 5. The predicted octanol–water partition coefficient (Wildman–Crippen LogP) is 1.57. The van der Waals surface area contributed by atoms with Crippen molar-refractivity contribution in [2.75, 3.05) is 37.6 Å². The molecule has 1 aromatic carbocycles. The van der Waals surface area contributed by atoms with Gasteiger partial charge in [0.25, 0.3) is 0 Å². The molecule has 0 saturated carbocycles. The van der Waals surface area contributed by atoms with Gasteiger partial charge in [-0.25, -0.2) is 0 Å². The summed E-state index contributed by atoms with van der Waals surface area (Å²) in [5.74, 6) is 0.356. The Bertz CT molecular complexity index is 710. The van der Waals surface area contributed by atoms with Crippen molar-refractivity contribution >= 4 is 17.5 Å². The van der Waals surface area contributed by atoms with E-state index in [0.29, 0.717) is 19.4 Å². The lowest BCUT2D eigenvalue weighted by molar-refractivity contribution is -0.129. The fourth-order valence-corrected chi connectivity index (χ4v) is 3.08. The smallest absolute Gasteiger partial charge is 0.239 e.